The highest BCUT2D eigenvalue weighted by Crippen LogP contribution is 2.33. The number of nitrogens with one attached hydrogen (secondary N) is 1. The molecule has 0 amide bonds. The van der Waals surface area contributed by atoms with E-state index < -0.39 is 0 Å². The summed E-state index contributed by atoms with van der Waals surface area (Å²) in [5.74, 6) is 0.262. The largest absolute Gasteiger partial charge is 0.388 e. The molecule has 0 aliphatic heterocycles. The van der Waals surface area contributed by atoms with E-state index in [9.17, 15) is 0 Å². The van der Waals surface area contributed by atoms with Gasteiger partial charge in [-0.3, -0.25) is 5.41 Å². The van der Waals surface area contributed by atoms with E-state index in [1.54, 1.807) is 11.3 Å². The van der Waals surface area contributed by atoms with Crippen LogP contribution in [0.1, 0.15) is 31.9 Å². The van der Waals surface area contributed by atoms with Crippen molar-refractivity contribution < 1.29 is 0 Å². The minimum absolute atomic E-state index is 0.262. The van der Waals surface area contributed by atoms with E-state index in [2.05, 4.69) is 22.2 Å². The topological polar surface area (TPSA) is 66.0 Å². The zero-order valence-electron chi connectivity index (χ0n) is 9.57. The molecule has 0 unspecified atom stereocenters. The van der Waals surface area contributed by atoms with E-state index >= 15 is 0 Å². The lowest BCUT2D eigenvalue weighted by Crippen LogP contribution is -2.29. The lowest BCUT2D eigenvalue weighted by Gasteiger charge is -2.20. The van der Waals surface area contributed by atoms with E-state index in [1.807, 2.05) is 0 Å². The van der Waals surface area contributed by atoms with E-state index in [4.69, 9.17) is 11.1 Å². The number of aromatic nitrogens is 1. The molecule has 1 aromatic heterocycles. The fraction of sp³-hybridized carbons (Fsp3) is 0.636. The first-order chi connectivity index (χ1) is 7.70. The Morgan fingerprint density at radius 3 is 2.94 bits per heavy atom. The van der Waals surface area contributed by atoms with Crippen LogP contribution < -0.4 is 10.6 Å². The molecule has 5 heteroatoms. The Hall–Kier alpha value is -1.10. The van der Waals surface area contributed by atoms with Gasteiger partial charge in [0, 0.05) is 24.4 Å². The number of thiazole rings is 1. The van der Waals surface area contributed by atoms with E-state index in [0.717, 1.165) is 23.8 Å². The number of rotatable bonds is 6. The maximum Gasteiger partial charge on any atom is 0.185 e. The van der Waals surface area contributed by atoms with Crippen LogP contribution in [0, 0.1) is 5.41 Å². The molecule has 0 aromatic carbocycles. The molecule has 0 saturated heterocycles. The fourth-order valence-corrected chi connectivity index (χ4v) is 2.66. The summed E-state index contributed by atoms with van der Waals surface area (Å²) in [5, 5.41) is 10.5. The van der Waals surface area contributed by atoms with Crippen molar-refractivity contribution in [3.05, 3.63) is 11.1 Å². The average molecular weight is 238 g/mol. The molecule has 3 N–H and O–H groups in total. The zero-order valence-corrected chi connectivity index (χ0v) is 10.4. The summed E-state index contributed by atoms with van der Waals surface area (Å²) in [5.41, 5.74) is 6.57. The molecule has 1 aliphatic rings. The SMILES string of the molecule is CCc1csc(N(CCC(=N)N)C2CC2)n1. The van der Waals surface area contributed by atoms with Crippen LogP contribution in [0.15, 0.2) is 5.38 Å². The molecule has 0 atom stereocenters. The summed E-state index contributed by atoms with van der Waals surface area (Å²) >= 11 is 1.71. The molecule has 16 heavy (non-hydrogen) atoms. The second kappa shape index (κ2) is 4.82. The first kappa shape index (κ1) is 11.4. The van der Waals surface area contributed by atoms with Crippen molar-refractivity contribution >= 4 is 22.3 Å². The predicted molar refractivity (Wildman–Crippen MR) is 68.4 cm³/mol. The summed E-state index contributed by atoms with van der Waals surface area (Å²) in [6.45, 7) is 2.95. The number of nitrogens with two attached hydrogens (primary N) is 1. The Bertz CT molecular complexity index is 370. The molecule has 2 rings (SSSR count). The summed E-state index contributed by atoms with van der Waals surface area (Å²) in [6, 6.07) is 0.634. The number of anilines is 1. The van der Waals surface area contributed by atoms with Crippen LogP contribution in [0.3, 0.4) is 0 Å². The number of aryl methyl sites for hydroxylation is 1. The van der Waals surface area contributed by atoms with Crippen molar-refractivity contribution in [3.63, 3.8) is 0 Å². The van der Waals surface area contributed by atoms with Crippen molar-refractivity contribution in [2.75, 3.05) is 11.4 Å². The fourth-order valence-electron chi connectivity index (χ4n) is 1.65. The van der Waals surface area contributed by atoms with Gasteiger partial charge in [0.25, 0.3) is 0 Å². The van der Waals surface area contributed by atoms with Crippen LogP contribution in [0.4, 0.5) is 5.13 Å². The van der Waals surface area contributed by atoms with Crippen molar-refractivity contribution in [2.45, 2.75) is 38.6 Å². The highest BCUT2D eigenvalue weighted by Gasteiger charge is 2.30. The molecule has 1 aliphatic carbocycles. The van der Waals surface area contributed by atoms with Crippen molar-refractivity contribution in [1.29, 1.82) is 5.41 Å². The van der Waals surface area contributed by atoms with Gasteiger partial charge in [0.05, 0.1) is 11.5 Å². The summed E-state index contributed by atoms with van der Waals surface area (Å²) < 4.78 is 0. The molecule has 1 fully saturated rings. The standard InChI is InChI=1S/C11H18N4S/c1-2-8-7-16-11(14-8)15(9-3-4-9)6-5-10(12)13/h7,9H,2-6H2,1H3,(H3,12,13). The quantitative estimate of drug-likeness (QED) is 0.588. The number of amidine groups is 1. The second-order valence-corrected chi connectivity index (χ2v) is 5.01. The van der Waals surface area contributed by atoms with Crippen molar-refractivity contribution in [1.82, 2.24) is 4.98 Å². The highest BCUT2D eigenvalue weighted by molar-refractivity contribution is 7.13. The third kappa shape index (κ3) is 2.72. The maximum absolute atomic E-state index is 7.29. The van der Waals surface area contributed by atoms with Gasteiger partial charge in [0.1, 0.15) is 0 Å². The van der Waals surface area contributed by atoms with E-state index in [1.165, 1.54) is 12.8 Å². The van der Waals surface area contributed by atoms with Crippen molar-refractivity contribution in [3.8, 4) is 0 Å². The second-order valence-electron chi connectivity index (χ2n) is 4.17. The predicted octanol–water partition coefficient (Wildman–Crippen LogP) is 2.00. The minimum Gasteiger partial charge on any atom is -0.388 e. The Morgan fingerprint density at radius 1 is 1.69 bits per heavy atom. The van der Waals surface area contributed by atoms with Gasteiger partial charge < -0.3 is 10.6 Å². The molecule has 4 nitrogen and oxygen atoms in total. The van der Waals surface area contributed by atoms with Gasteiger partial charge in [-0.05, 0) is 19.3 Å². The van der Waals surface area contributed by atoms with Gasteiger partial charge in [0.2, 0.25) is 0 Å². The Kier molecular flexibility index (Phi) is 3.43. The van der Waals surface area contributed by atoms with Gasteiger partial charge in [-0.15, -0.1) is 11.3 Å². The van der Waals surface area contributed by atoms with Gasteiger partial charge in [-0.25, -0.2) is 4.98 Å². The molecule has 1 heterocycles. The lowest BCUT2D eigenvalue weighted by atomic mass is 10.3. The van der Waals surface area contributed by atoms with Crippen LogP contribution >= 0.6 is 11.3 Å². The molecule has 0 bridgehead atoms. The van der Waals surface area contributed by atoms with Crippen LogP contribution in [-0.2, 0) is 6.42 Å². The summed E-state index contributed by atoms with van der Waals surface area (Å²) in [6.07, 6.45) is 4.12. The Balaban J connectivity index is 2.03. The van der Waals surface area contributed by atoms with Crippen LogP contribution in [0.2, 0.25) is 0 Å². The molecule has 1 aromatic rings. The van der Waals surface area contributed by atoms with Gasteiger partial charge >= 0.3 is 0 Å². The number of hydrogen-bond acceptors (Lipinski definition) is 4. The lowest BCUT2D eigenvalue weighted by molar-refractivity contribution is 0.789. The van der Waals surface area contributed by atoms with Gasteiger partial charge in [-0.1, -0.05) is 6.92 Å². The first-order valence-electron chi connectivity index (χ1n) is 5.74. The van der Waals surface area contributed by atoms with Gasteiger partial charge in [-0.2, -0.15) is 0 Å². The Labute approximate surface area is 100.0 Å². The van der Waals surface area contributed by atoms with E-state index in [-0.39, 0.29) is 5.84 Å². The first-order valence-corrected chi connectivity index (χ1v) is 6.62. The third-order valence-corrected chi connectivity index (χ3v) is 3.68. The Morgan fingerprint density at radius 2 is 2.44 bits per heavy atom. The molecule has 88 valence electrons. The zero-order chi connectivity index (χ0) is 11.5. The molecule has 1 saturated carbocycles. The third-order valence-electron chi connectivity index (χ3n) is 2.76. The monoisotopic (exact) mass is 238 g/mol. The van der Waals surface area contributed by atoms with Crippen LogP contribution in [0.5, 0.6) is 0 Å². The van der Waals surface area contributed by atoms with Crippen LogP contribution in [-0.4, -0.2) is 23.4 Å². The summed E-state index contributed by atoms with van der Waals surface area (Å²) in [7, 11) is 0. The summed E-state index contributed by atoms with van der Waals surface area (Å²) in [4.78, 5) is 6.91. The smallest absolute Gasteiger partial charge is 0.185 e. The maximum atomic E-state index is 7.29. The average Bonchev–Trinajstić information content (AvgIpc) is 2.96. The molecule has 0 spiro atoms. The number of hydrogen-bond donors (Lipinski definition) is 2. The van der Waals surface area contributed by atoms with Crippen molar-refractivity contribution in [2.24, 2.45) is 5.73 Å². The minimum atomic E-state index is 0.262. The van der Waals surface area contributed by atoms with Crippen LogP contribution in [0.25, 0.3) is 0 Å². The molecule has 0 radical (unpaired) electrons. The number of nitrogens with zero attached hydrogens (tertiary/aromatic N) is 2. The molecular weight excluding hydrogens is 220 g/mol. The van der Waals surface area contributed by atoms with Gasteiger partial charge in [0.15, 0.2) is 5.13 Å². The normalized spacial score (nSPS) is 15.1. The van der Waals surface area contributed by atoms with E-state index in [0.29, 0.717) is 12.5 Å². The molecular formula is C11H18N4S. The highest BCUT2D eigenvalue weighted by atomic mass is 32.1.